The monoisotopic (exact) mass is 339 g/mol. The van der Waals surface area contributed by atoms with Crippen LogP contribution in [-0.4, -0.2) is 35.2 Å². The van der Waals surface area contributed by atoms with Crippen LogP contribution in [0.25, 0.3) is 0 Å². The van der Waals surface area contributed by atoms with E-state index in [2.05, 4.69) is 0 Å². The van der Waals surface area contributed by atoms with E-state index >= 15 is 0 Å². The molecule has 3 aliphatic heterocycles. The number of nitrogens with zero attached hydrogens (tertiary/aromatic N) is 1. The minimum atomic E-state index is -1.09. The lowest BCUT2D eigenvalue weighted by molar-refractivity contribution is -0.128. The minimum Gasteiger partial charge on any atom is -0.393 e. The van der Waals surface area contributed by atoms with E-state index in [1.54, 1.807) is 24.3 Å². The van der Waals surface area contributed by atoms with Crippen molar-refractivity contribution in [3.8, 4) is 0 Å². The highest BCUT2D eigenvalue weighted by Gasteiger charge is 2.67. The molecular weight excluding hydrogens is 329 g/mol. The smallest absolute Gasteiger partial charge is 0.241 e. The summed E-state index contributed by atoms with van der Waals surface area (Å²) in [7, 11) is 0. The van der Waals surface area contributed by atoms with Gasteiger partial charge in [-0.05, 0) is 18.2 Å². The van der Waals surface area contributed by atoms with Gasteiger partial charge in [0, 0.05) is 0 Å². The number of carbonyl (C=O) groups excluding carboxylic acids is 2. The number of anilines is 1. The van der Waals surface area contributed by atoms with Crippen LogP contribution in [0.4, 0.5) is 5.69 Å². The SMILES string of the molecule is O=C1[C@H]2[C@@H]3C=C[C@](CO)(O3)[C@@H]2C(=O)N1c1ccc(Cl)c(Cl)c1. The Kier molecular flexibility index (Phi) is 2.94. The molecule has 1 aromatic rings. The quantitative estimate of drug-likeness (QED) is 0.659. The first-order valence-corrected chi connectivity index (χ1v) is 7.55. The third-order valence-corrected chi connectivity index (χ3v) is 5.30. The van der Waals surface area contributed by atoms with Gasteiger partial charge in [0.05, 0.1) is 40.3 Å². The number of aliphatic hydroxyl groups excluding tert-OH is 1. The molecule has 2 amide bonds. The van der Waals surface area contributed by atoms with Crippen molar-refractivity contribution in [1.82, 2.24) is 0 Å². The molecule has 2 saturated heterocycles. The third kappa shape index (κ3) is 1.62. The lowest BCUT2D eigenvalue weighted by atomic mass is 9.77. The number of halogens is 2. The summed E-state index contributed by atoms with van der Waals surface area (Å²) in [6.07, 6.45) is 2.95. The number of ether oxygens (including phenoxy) is 1. The molecule has 0 saturated carbocycles. The van der Waals surface area contributed by atoms with Crippen LogP contribution < -0.4 is 4.90 Å². The molecule has 7 heteroatoms. The fraction of sp³-hybridized carbons (Fsp3) is 0.333. The lowest BCUT2D eigenvalue weighted by Crippen LogP contribution is -2.43. The van der Waals surface area contributed by atoms with Crippen LogP contribution in [0.3, 0.4) is 0 Å². The Morgan fingerprint density at radius 3 is 2.68 bits per heavy atom. The molecule has 1 N–H and O–H groups in total. The van der Waals surface area contributed by atoms with Crippen molar-refractivity contribution in [2.24, 2.45) is 11.8 Å². The normalized spacial score (nSPS) is 35.6. The average Bonchev–Trinajstić information content (AvgIpc) is 3.14. The van der Waals surface area contributed by atoms with E-state index in [-0.39, 0.29) is 23.4 Å². The van der Waals surface area contributed by atoms with Gasteiger partial charge in [0.25, 0.3) is 0 Å². The van der Waals surface area contributed by atoms with Gasteiger partial charge in [-0.3, -0.25) is 9.59 Å². The minimum absolute atomic E-state index is 0.269. The molecule has 4 atom stereocenters. The van der Waals surface area contributed by atoms with Crippen LogP contribution in [0.2, 0.25) is 10.0 Å². The summed E-state index contributed by atoms with van der Waals surface area (Å²) in [4.78, 5) is 26.5. The average molecular weight is 340 g/mol. The number of carbonyl (C=O) groups is 2. The predicted molar refractivity (Wildman–Crippen MR) is 79.8 cm³/mol. The molecule has 0 spiro atoms. The highest BCUT2D eigenvalue weighted by Crippen LogP contribution is 2.52. The molecule has 2 bridgehead atoms. The fourth-order valence-corrected chi connectivity index (χ4v) is 3.85. The predicted octanol–water partition coefficient (Wildman–Crippen LogP) is 1.80. The molecular formula is C15H11Cl2NO4. The molecule has 4 rings (SSSR count). The standard InChI is InChI=1S/C15H11Cl2NO4/c16-8-2-1-7(5-9(8)17)18-13(20)11-10-3-4-15(6-19,22-10)12(11)14(18)21/h1-5,10-12,19H,6H2/t10-,11-,12-,15+/m0/s1. The Bertz CT molecular complexity index is 734. The Morgan fingerprint density at radius 1 is 1.23 bits per heavy atom. The Labute approximate surface area is 136 Å². The zero-order chi connectivity index (χ0) is 15.6. The molecule has 5 nitrogen and oxygen atoms in total. The van der Waals surface area contributed by atoms with E-state index in [4.69, 9.17) is 27.9 Å². The summed E-state index contributed by atoms with van der Waals surface area (Å²) in [5.74, 6) is -2.01. The van der Waals surface area contributed by atoms with Crippen molar-refractivity contribution in [1.29, 1.82) is 0 Å². The Hall–Kier alpha value is -1.40. The van der Waals surface area contributed by atoms with E-state index in [1.165, 1.54) is 6.07 Å². The fourth-order valence-electron chi connectivity index (χ4n) is 3.56. The molecule has 0 aliphatic carbocycles. The van der Waals surface area contributed by atoms with Gasteiger partial charge < -0.3 is 9.84 Å². The van der Waals surface area contributed by atoms with Crippen molar-refractivity contribution in [3.63, 3.8) is 0 Å². The summed E-state index contributed by atoms with van der Waals surface area (Å²) in [6.45, 7) is -0.338. The zero-order valence-corrected chi connectivity index (χ0v) is 12.7. The van der Waals surface area contributed by atoms with E-state index < -0.39 is 23.5 Å². The van der Waals surface area contributed by atoms with E-state index in [0.717, 1.165) is 4.90 Å². The third-order valence-electron chi connectivity index (χ3n) is 4.56. The van der Waals surface area contributed by atoms with Gasteiger partial charge in [0.2, 0.25) is 11.8 Å². The molecule has 2 fully saturated rings. The summed E-state index contributed by atoms with van der Waals surface area (Å²) < 4.78 is 5.67. The molecule has 0 unspecified atom stereocenters. The molecule has 0 radical (unpaired) electrons. The molecule has 114 valence electrons. The van der Waals surface area contributed by atoms with Crippen LogP contribution in [0.1, 0.15) is 0 Å². The molecule has 3 aliphatic rings. The Morgan fingerprint density at radius 2 is 2.00 bits per heavy atom. The molecule has 3 heterocycles. The number of amides is 2. The van der Waals surface area contributed by atoms with Crippen molar-refractivity contribution in [3.05, 3.63) is 40.4 Å². The van der Waals surface area contributed by atoms with Crippen LogP contribution in [0.5, 0.6) is 0 Å². The van der Waals surface area contributed by atoms with Crippen molar-refractivity contribution < 1.29 is 19.4 Å². The zero-order valence-electron chi connectivity index (χ0n) is 11.2. The number of rotatable bonds is 2. The van der Waals surface area contributed by atoms with Gasteiger partial charge in [0.1, 0.15) is 5.60 Å². The number of aliphatic hydroxyl groups is 1. The van der Waals surface area contributed by atoms with Gasteiger partial charge in [0.15, 0.2) is 0 Å². The maximum Gasteiger partial charge on any atom is 0.241 e. The largest absolute Gasteiger partial charge is 0.393 e. The van der Waals surface area contributed by atoms with E-state index in [1.807, 2.05) is 0 Å². The molecule has 0 aromatic heterocycles. The van der Waals surface area contributed by atoms with Gasteiger partial charge in [-0.1, -0.05) is 35.4 Å². The van der Waals surface area contributed by atoms with Gasteiger partial charge in [-0.15, -0.1) is 0 Å². The molecule has 22 heavy (non-hydrogen) atoms. The maximum atomic E-state index is 12.8. The maximum absolute atomic E-state index is 12.8. The second-order valence-electron chi connectivity index (χ2n) is 5.67. The van der Waals surface area contributed by atoms with Crippen molar-refractivity contribution in [2.45, 2.75) is 11.7 Å². The van der Waals surface area contributed by atoms with Crippen LogP contribution in [0.15, 0.2) is 30.4 Å². The topological polar surface area (TPSA) is 66.8 Å². The number of hydrogen-bond donors (Lipinski definition) is 1. The van der Waals surface area contributed by atoms with Gasteiger partial charge in [-0.2, -0.15) is 0 Å². The Balaban J connectivity index is 1.77. The number of hydrogen-bond acceptors (Lipinski definition) is 4. The first-order chi connectivity index (χ1) is 10.5. The van der Waals surface area contributed by atoms with E-state index in [0.29, 0.717) is 10.7 Å². The highest BCUT2D eigenvalue weighted by molar-refractivity contribution is 6.42. The van der Waals surface area contributed by atoms with Gasteiger partial charge >= 0.3 is 0 Å². The van der Waals surface area contributed by atoms with Crippen molar-refractivity contribution >= 4 is 40.7 Å². The number of imide groups is 1. The summed E-state index contributed by atoms with van der Waals surface area (Å²) in [5, 5.41) is 10.3. The second kappa shape index (κ2) is 4.55. The van der Waals surface area contributed by atoms with Crippen LogP contribution in [-0.2, 0) is 14.3 Å². The van der Waals surface area contributed by atoms with Crippen LogP contribution >= 0.6 is 23.2 Å². The summed E-state index contributed by atoms with van der Waals surface area (Å²) in [6, 6.07) is 4.61. The van der Waals surface area contributed by atoms with Crippen molar-refractivity contribution in [2.75, 3.05) is 11.5 Å². The highest BCUT2D eigenvalue weighted by atomic mass is 35.5. The number of benzene rings is 1. The second-order valence-corrected chi connectivity index (χ2v) is 6.48. The first kappa shape index (κ1) is 14.2. The van der Waals surface area contributed by atoms with Gasteiger partial charge in [-0.25, -0.2) is 4.90 Å². The lowest BCUT2D eigenvalue weighted by Gasteiger charge is -2.26. The summed E-state index contributed by atoms with van der Waals surface area (Å²) in [5.41, 5.74) is -0.709. The van der Waals surface area contributed by atoms with Crippen LogP contribution in [0, 0.1) is 11.8 Å². The first-order valence-electron chi connectivity index (χ1n) is 6.79. The summed E-state index contributed by atoms with van der Waals surface area (Å²) >= 11 is 11.8. The molecule has 1 aromatic carbocycles. The van der Waals surface area contributed by atoms with E-state index in [9.17, 15) is 14.7 Å². The number of fused-ring (bicyclic) bond motifs is 5.